The van der Waals surface area contributed by atoms with Crippen molar-refractivity contribution in [3.63, 3.8) is 0 Å². The molecule has 0 aliphatic heterocycles. The molecule has 0 bridgehead atoms. The molecule has 18 heavy (non-hydrogen) atoms. The summed E-state index contributed by atoms with van der Waals surface area (Å²) in [5.74, 6) is -2.95. The third kappa shape index (κ3) is 2.89. The lowest BCUT2D eigenvalue weighted by Crippen LogP contribution is -2.21. The van der Waals surface area contributed by atoms with Gasteiger partial charge in [-0.25, -0.2) is 4.68 Å². The molecule has 0 amide bonds. The van der Waals surface area contributed by atoms with Crippen LogP contribution in [0.4, 0.5) is 8.78 Å². The Labute approximate surface area is 104 Å². The van der Waals surface area contributed by atoms with Gasteiger partial charge in [-0.1, -0.05) is 35.5 Å². The normalized spacial score (nSPS) is 11.7. The summed E-state index contributed by atoms with van der Waals surface area (Å²) in [6.07, 6.45) is 1.52. The Morgan fingerprint density at radius 1 is 1.28 bits per heavy atom. The topological polar surface area (TPSA) is 42.7 Å². The monoisotopic (exact) mass is 252 g/mol. The van der Waals surface area contributed by atoms with E-state index in [1.54, 1.807) is 25.2 Å². The van der Waals surface area contributed by atoms with Gasteiger partial charge in [0.05, 0.1) is 11.9 Å². The highest BCUT2D eigenvalue weighted by molar-refractivity contribution is 5.19. The first-order valence-electron chi connectivity index (χ1n) is 5.59. The lowest BCUT2D eigenvalue weighted by atomic mass is 10.1. The van der Waals surface area contributed by atoms with Crippen molar-refractivity contribution in [1.82, 2.24) is 20.3 Å². The zero-order chi connectivity index (χ0) is 13.0. The summed E-state index contributed by atoms with van der Waals surface area (Å²) in [4.78, 5) is 0. The van der Waals surface area contributed by atoms with Gasteiger partial charge in [-0.15, -0.1) is 5.10 Å². The molecule has 0 atom stereocenters. The Kier molecular flexibility index (Phi) is 3.66. The van der Waals surface area contributed by atoms with Crippen LogP contribution in [-0.4, -0.2) is 22.0 Å². The molecule has 0 radical (unpaired) electrons. The first-order valence-corrected chi connectivity index (χ1v) is 5.59. The van der Waals surface area contributed by atoms with E-state index < -0.39 is 12.5 Å². The number of alkyl halides is 2. The van der Waals surface area contributed by atoms with Gasteiger partial charge in [0.1, 0.15) is 6.54 Å². The first-order chi connectivity index (χ1) is 8.62. The molecular weight excluding hydrogens is 238 g/mol. The fourth-order valence-corrected chi connectivity index (χ4v) is 1.65. The van der Waals surface area contributed by atoms with Crippen LogP contribution >= 0.6 is 0 Å². The van der Waals surface area contributed by atoms with Crippen molar-refractivity contribution in [3.05, 3.63) is 47.8 Å². The Morgan fingerprint density at radius 3 is 2.67 bits per heavy atom. The van der Waals surface area contributed by atoms with E-state index in [4.69, 9.17) is 0 Å². The van der Waals surface area contributed by atoms with Crippen molar-refractivity contribution in [2.75, 3.05) is 7.05 Å². The summed E-state index contributed by atoms with van der Waals surface area (Å²) < 4.78 is 29.0. The van der Waals surface area contributed by atoms with Crippen molar-refractivity contribution in [2.24, 2.45) is 0 Å². The number of benzene rings is 1. The summed E-state index contributed by atoms with van der Waals surface area (Å²) in [5, 5.41) is 10.4. The van der Waals surface area contributed by atoms with Crippen LogP contribution in [0.25, 0.3) is 0 Å². The zero-order valence-corrected chi connectivity index (χ0v) is 9.98. The minimum Gasteiger partial charge on any atom is -0.314 e. The highest BCUT2D eigenvalue weighted by atomic mass is 19.3. The molecule has 0 aliphatic rings. The first kappa shape index (κ1) is 12.6. The average Bonchev–Trinajstić information content (AvgIpc) is 2.77. The van der Waals surface area contributed by atoms with Gasteiger partial charge in [0.25, 0.3) is 5.92 Å². The molecule has 0 saturated carbocycles. The van der Waals surface area contributed by atoms with Crippen LogP contribution in [0.3, 0.4) is 0 Å². The molecule has 0 unspecified atom stereocenters. The minimum absolute atomic E-state index is 0.0179. The molecule has 0 saturated heterocycles. The number of hydrogen-bond acceptors (Lipinski definition) is 3. The fraction of sp³-hybridized carbons (Fsp3) is 0.333. The van der Waals surface area contributed by atoms with E-state index in [0.717, 1.165) is 0 Å². The Hall–Kier alpha value is -1.82. The van der Waals surface area contributed by atoms with Gasteiger partial charge in [-0.2, -0.15) is 8.78 Å². The van der Waals surface area contributed by atoms with Crippen molar-refractivity contribution in [1.29, 1.82) is 0 Å². The maximum absolute atomic E-state index is 13.9. The molecule has 1 aromatic heterocycles. The van der Waals surface area contributed by atoms with Crippen molar-refractivity contribution in [3.8, 4) is 0 Å². The summed E-state index contributed by atoms with van der Waals surface area (Å²) in [5.41, 5.74) is 0.622. The van der Waals surface area contributed by atoms with E-state index in [1.807, 2.05) is 0 Å². The Morgan fingerprint density at radius 2 is 2.00 bits per heavy atom. The standard InChI is InChI=1S/C12H14F2N4/c1-15-7-11-8-18(17-16-11)9-12(13,14)10-5-3-2-4-6-10/h2-6,8,15H,7,9H2,1H3. The highest BCUT2D eigenvalue weighted by Gasteiger charge is 2.32. The largest absolute Gasteiger partial charge is 0.314 e. The molecule has 6 heteroatoms. The predicted octanol–water partition coefficient (Wildman–Crippen LogP) is 1.79. The summed E-state index contributed by atoms with van der Waals surface area (Å²) in [6, 6.07) is 7.71. The quantitative estimate of drug-likeness (QED) is 0.882. The minimum atomic E-state index is -2.95. The van der Waals surface area contributed by atoms with Gasteiger partial charge >= 0.3 is 0 Å². The Balaban J connectivity index is 2.12. The second kappa shape index (κ2) is 5.22. The van der Waals surface area contributed by atoms with Crippen molar-refractivity contribution < 1.29 is 8.78 Å². The molecule has 0 fully saturated rings. The van der Waals surface area contributed by atoms with Gasteiger partial charge in [0.15, 0.2) is 0 Å². The lowest BCUT2D eigenvalue weighted by Gasteiger charge is -2.15. The second-order valence-electron chi connectivity index (χ2n) is 4.01. The van der Waals surface area contributed by atoms with Crippen LogP contribution in [0.5, 0.6) is 0 Å². The number of halogens is 2. The van der Waals surface area contributed by atoms with Crippen LogP contribution in [0.15, 0.2) is 36.5 Å². The smallest absolute Gasteiger partial charge is 0.292 e. The van der Waals surface area contributed by atoms with Gasteiger partial charge in [-0.3, -0.25) is 0 Å². The van der Waals surface area contributed by atoms with Crippen molar-refractivity contribution in [2.45, 2.75) is 19.0 Å². The molecule has 0 aliphatic carbocycles. The maximum Gasteiger partial charge on any atom is 0.292 e. The number of aromatic nitrogens is 3. The van der Waals surface area contributed by atoms with E-state index in [-0.39, 0.29) is 5.56 Å². The van der Waals surface area contributed by atoms with Gasteiger partial charge in [0.2, 0.25) is 0 Å². The van der Waals surface area contributed by atoms with Crippen LogP contribution < -0.4 is 5.32 Å². The zero-order valence-electron chi connectivity index (χ0n) is 9.98. The second-order valence-corrected chi connectivity index (χ2v) is 4.01. The van der Waals surface area contributed by atoms with Crippen LogP contribution in [-0.2, 0) is 19.0 Å². The van der Waals surface area contributed by atoms with Crippen LogP contribution in [0, 0.1) is 0 Å². The molecule has 4 nitrogen and oxygen atoms in total. The number of nitrogens with zero attached hydrogens (tertiary/aromatic N) is 3. The molecule has 1 heterocycles. The molecule has 1 aromatic carbocycles. The fourth-order valence-electron chi connectivity index (χ4n) is 1.65. The molecular formula is C12H14F2N4. The summed E-state index contributed by atoms with van der Waals surface area (Å²) in [6.45, 7) is 0.00460. The number of rotatable bonds is 5. The number of hydrogen-bond donors (Lipinski definition) is 1. The third-order valence-corrected chi connectivity index (χ3v) is 2.50. The number of nitrogens with one attached hydrogen (secondary N) is 1. The Bertz CT molecular complexity index is 496. The van der Waals surface area contributed by atoms with E-state index in [0.29, 0.717) is 12.2 Å². The molecule has 2 rings (SSSR count). The summed E-state index contributed by atoms with van der Waals surface area (Å²) in [7, 11) is 1.76. The van der Waals surface area contributed by atoms with Gasteiger partial charge in [-0.05, 0) is 7.05 Å². The molecule has 96 valence electrons. The SMILES string of the molecule is CNCc1cn(CC(F)(F)c2ccccc2)nn1. The van der Waals surface area contributed by atoms with E-state index in [9.17, 15) is 8.78 Å². The van der Waals surface area contributed by atoms with Gasteiger partial charge in [0, 0.05) is 12.1 Å². The highest BCUT2D eigenvalue weighted by Crippen LogP contribution is 2.29. The maximum atomic E-state index is 13.9. The molecule has 0 spiro atoms. The van der Waals surface area contributed by atoms with Crippen molar-refractivity contribution >= 4 is 0 Å². The van der Waals surface area contributed by atoms with E-state index in [2.05, 4.69) is 15.6 Å². The van der Waals surface area contributed by atoms with E-state index in [1.165, 1.54) is 23.0 Å². The van der Waals surface area contributed by atoms with Gasteiger partial charge < -0.3 is 5.32 Å². The van der Waals surface area contributed by atoms with Crippen LogP contribution in [0.2, 0.25) is 0 Å². The third-order valence-electron chi connectivity index (χ3n) is 2.50. The van der Waals surface area contributed by atoms with E-state index >= 15 is 0 Å². The van der Waals surface area contributed by atoms with Crippen LogP contribution in [0.1, 0.15) is 11.3 Å². The lowest BCUT2D eigenvalue weighted by molar-refractivity contribution is -0.0258. The summed E-state index contributed by atoms with van der Waals surface area (Å²) >= 11 is 0. The molecule has 2 aromatic rings. The molecule has 1 N–H and O–H groups in total. The predicted molar refractivity (Wildman–Crippen MR) is 63.1 cm³/mol. The average molecular weight is 252 g/mol.